The summed E-state index contributed by atoms with van der Waals surface area (Å²) in [5.41, 5.74) is 1.19. The second kappa shape index (κ2) is 4.72. The molecule has 0 aliphatic heterocycles. The second-order valence-electron chi connectivity index (χ2n) is 6.43. The van der Waals surface area contributed by atoms with E-state index in [-0.39, 0.29) is 0 Å². The van der Waals surface area contributed by atoms with Crippen LogP contribution in [0.2, 0.25) is 0 Å². The molecule has 0 saturated carbocycles. The van der Waals surface area contributed by atoms with E-state index >= 15 is 0 Å². The SMILES string of the molecule is Cc1ccc(O)c2ccc3c4ccc5ccccc5c4ccc3c12. The van der Waals surface area contributed by atoms with E-state index in [4.69, 9.17) is 0 Å². The Morgan fingerprint density at radius 3 is 2.04 bits per heavy atom. The van der Waals surface area contributed by atoms with Crippen molar-refractivity contribution >= 4 is 43.1 Å². The van der Waals surface area contributed by atoms with E-state index in [2.05, 4.69) is 61.5 Å². The van der Waals surface area contributed by atoms with Crippen molar-refractivity contribution < 1.29 is 5.11 Å². The van der Waals surface area contributed by atoms with Crippen molar-refractivity contribution in [2.75, 3.05) is 0 Å². The molecule has 24 heavy (non-hydrogen) atoms. The number of hydrogen-bond donors (Lipinski definition) is 1. The number of hydrogen-bond acceptors (Lipinski definition) is 1. The van der Waals surface area contributed by atoms with Crippen molar-refractivity contribution in [1.82, 2.24) is 0 Å². The smallest absolute Gasteiger partial charge is 0.123 e. The summed E-state index contributed by atoms with van der Waals surface area (Å²) in [6.45, 7) is 2.10. The highest BCUT2D eigenvalue weighted by Crippen LogP contribution is 2.38. The average molecular weight is 308 g/mol. The largest absolute Gasteiger partial charge is 0.507 e. The normalized spacial score (nSPS) is 11.7. The van der Waals surface area contributed by atoms with Crippen LogP contribution in [0.5, 0.6) is 5.75 Å². The molecule has 114 valence electrons. The minimum atomic E-state index is 0.344. The second-order valence-corrected chi connectivity index (χ2v) is 6.43. The lowest BCUT2D eigenvalue weighted by atomic mass is 9.92. The van der Waals surface area contributed by atoms with Crippen LogP contribution in [0.15, 0.2) is 72.8 Å². The maximum Gasteiger partial charge on any atom is 0.123 e. The Morgan fingerprint density at radius 1 is 0.542 bits per heavy atom. The monoisotopic (exact) mass is 308 g/mol. The predicted molar refractivity (Wildman–Crippen MR) is 103 cm³/mol. The Morgan fingerprint density at radius 2 is 1.17 bits per heavy atom. The molecule has 5 aromatic rings. The molecule has 5 rings (SSSR count). The van der Waals surface area contributed by atoms with Gasteiger partial charge in [0.15, 0.2) is 0 Å². The first kappa shape index (κ1) is 13.4. The van der Waals surface area contributed by atoms with Gasteiger partial charge in [-0.1, -0.05) is 60.7 Å². The quantitative estimate of drug-likeness (QED) is 0.332. The summed E-state index contributed by atoms with van der Waals surface area (Å²) in [4.78, 5) is 0. The Labute approximate surface area is 139 Å². The molecule has 5 aromatic carbocycles. The third-order valence-electron chi connectivity index (χ3n) is 5.08. The van der Waals surface area contributed by atoms with Crippen LogP contribution in [0.4, 0.5) is 0 Å². The first-order valence-corrected chi connectivity index (χ1v) is 8.19. The summed E-state index contributed by atoms with van der Waals surface area (Å²) >= 11 is 0. The van der Waals surface area contributed by atoms with Crippen LogP contribution in [0.3, 0.4) is 0 Å². The van der Waals surface area contributed by atoms with Gasteiger partial charge >= 0.3 is 0 Å². The van der Waals surface area contributed by atoms with Crippen molar-refractivity contribution in [1.29, 1.82) is 0 Å². The molecule has 0 aliphatic carbocycles. The number of aryl methyl sites for hydroxylation is 1. The fourth-order valence-corrected chi connectivity index (χ4v) is 3.92. The number of phenolic OH excluding ortho intramolecular Hbond substituents is 1. The maximum absolute atomic E-state index is 10.2. The zero-order valence-corrected chi connectivity index (χ0v) is 13.4. The van der Waals surface area contributed by atoms with Gasteiger partial charge in [-0.3, -0.25) is 0 Å². The van der Waals surface area contributed by atoms with Gasteiger partial charge in [0.25, 0.3) is 0 Å². The number of benzene rings is 5. The van der Waals surface area contributed by atoms with E-state index in [1.807, 2.05) is 12.1 Å². The summed E-state index contributed by atoms with van der Waals surface area (Å²) < 4.78 is 0. The molecule has 0 aromatic heterocycles. The molecule has 0 spiro atoms. The molecule has 0 radical (unpaired) electrons. The first-order valence-electron chi connectivity index (χ1n) is 8.19. The molecule has 1 nitrogen and oxygen atoms in total. The van der Waals surface area contributed by atoms with Crippen LogP contribution in [0.1, 0.15) is 5.56 Å². The van der Waals surface area contributed by atoms with Crippen LogP contribution in [-0.4, -0.2) is 5.11 Å². The molecule has 0 heterocycles. The van der Waals surface area contributed by atoms with Gasteiger partial charge in [0.2, 0.25) is 0 Å². The van der Waals surface area contributed by atoms with E-state index in [1.165, 1.54) is 37.9 Å². The van der Waals surface area contributed by atoms with Gasteiger partial charge in [0.05, 0.1) is 0 Å². The van der Waals surface area contributed by atoms with Crippen LogP contribution < -0.4 is 0 Å². The average Bonchev–Trinajstić information content (AvgIpc) is 2.63. The van der Waals surface area contributed by atoms with Crippen LogP contribution in [0.25, 0.3) is 43.1 Å². The summed E-state index contributed by atoms with van der Waals surface area (Å²) in [6.07, 6.45) is 0. The standard InChI is InChI=1S/C23H16O/c1-14-6-13-22(24)21-12-10-19-18-8-7-15-4-2-3-5-16(15)17(18)9-11-20(19)23(14)21/h2-13,24H,1H3. The Hall–Kier alpha value is -3.06. The zero-order chi connectivity index (χ0) is 16.3. The van der Waals surface area contributed by atoms with Crippen molar-refractivity contribution in [3.05, 3.63) is 78.4 Å². The van der Waals surface area contributed by atoms with E-state index in [1.54, 1.807) is 6.07 Å². The van der Waals surface area contributed by atoms with Gasteiger partial charge in [0.1, 0.15) is 5.75 Å². The summed E-state index contributed by atoms with van der Waals surface area (Å²) in [6, 6.07) is 25.2. The van der Waals surface area contributed by atoms with E-state index in [0.717, 1.165) is 10.8 Å². The molecule has 0 unspecified atom stereocenters. The molecule has 0 aliphatic rings. The van der Waals surface area contributed by atoms with Crippen molar-refractivity contribution in [3.63, 3.8) is 0 Å². The number of aromatic hydroxyl groups is 1. The van der Waals surface area contributed by atoms with E-state index in [0.29, 0.717) is 5.75 Å². The van der Waals surface area contributed by atoms with Gasteiger partial charge in [0, 0.05) is 5.39 Å². The van der Waals surface area contributed by atoms with Gasteiger partial charge in [-0.2, -0.15) is 0 Å². The summed E-state index contributed by atoms with van der Waals surface area (Å²) in [5.74, 6) is 0.344. The lowest BCUT2D eigenvalue weighted by Gasteiger charge is -2.12. The third-order valence-corrected chi connectivity index (χ3v) is 5.08. The Balaban J connectivity index is 2.04. The minimum Gasteiger partial charge on any atom is -0.507 e. The van der Waals surface area contributed by atoms with E-state index in [9.17, 15) is 5.11 Å². The molecule has 0 amide bonds. The van der Waals surface area contributed by atoms with Crippen molar-refractivity contribution in [3.8, 4) is 5.75 Å². The molecule has 0 fully saturated rings. The number of rotatable bonds is 0. The zero-order valence-electron chi connectivity index (χ0n) is 13.4. The highest BCUT2D eigenvalue weighted by atomic mass is 16.3. The topological polar surface area (TPSA) is 20.2 Å². The highest BCUT2D eigenvalue weighted by Gasteiger charge is 2.10. The molecule has 0 saturated heterocycles. The molecule has 1 N–H and O–H groups in total. The Bertz CT molecular complexity index is 1270. The summed E-state index contributed by atoms with van der Waals surface area (Å²) in [5, 5.41) is 19.8. The van der Waals surface area contributed by atoms with Crippen molar-refractivity contribution in [2.45, 2.75) is 6.92 Å². The maximum atomic E-state index is 10.2. The fourth-order valence-electron chi connectivity index (χ4n) is 3.92. The van der Waals surface area contributed by atoms with Crippen molar-refractivity contribution in [2.24, 2.45) is 0 Å². The molecular weight excluding hydrogens is 292 g/mol. The van der Waals surface area contributed by atoms with Gasteiger partial charge < -0.3 is 5.11 Å². The molecule has 1 heteroatoms. The molecular formula is C23H16O. The molecule has 0 bridgehead atoms. The lowest BCUT2D eigenvalue weighted by molar-refractivity contribution is 0.481. The summed E-state index contributed by atoms with van der Waals surface area (Å²) in [7, 11) is 0. The van der Waals surface area contributed by atoms with Crippen LogP contribution >= 0.6 is 0 Å². The van der Waals surface area contributed by atoms with Crippen LogP contribution in [-0.2, 0) is 0 Å². The third kappa shape index (κ3) is 1.70. The van der Waals surface area contributed by atoms with Gasteiger partial charge in [-0.15, -0.1) is 0 Å². The van der Waals surface area contributed by atoms with Gasteiger partial charge in [-0.05, 0) is 62.3 Å². The fraction of sp³-hybridized carbons (Fsp3) is 0.0435. The lowest BCUT2D eigenvalue weighted by Crippen LogP contribution is -1.85. The molecule has 0 atom stereocenters. The highest BCUT2D eigenvalue weighted by molar-refractivity contribution is 6.23. The van der Waals surface area contributed by atoms with E-state index < -0.39 is 0 Å². The Kier molecular flexibility index (Phi) is 2.63. The number of phenols is 1. The van der Waals surface area contributed by atoms with Crippen LogP contribution in [0, 0.1) is 6.92 Å². The van der Waals surface area contributed by atoms with Gasteiger partial charge in [-0.25, -0.2) is 0 Å². The minimum absolute atomic E-state index is 0.344. The predicted octanol–water partition coefficient (Wildman–Crippen LogP) is 6.31. The first-order chi connectivity index (χ1) is 11.7. The number of fused-ring (bicyclic) bond motifs is 7.